The molecule has 1 aromatic carbocycles. The number of likely N-dealkylation sites (N-methyl/N-ethyl adjacent to an activating group) is 1. The van der Waals surface area contributed by atoms with Crippen LogP contribution in [0.25, 0.3) is 0 Å². The van der Waals surface area contributed by atoms with E-state index in [4.69, 9.17) is 4.98 Å². The maximum absolute atomic E-state index is 15.1. The molecule has 0 unspecified atom stereocenters. The average molecular weight is 508 g/mol. The number of fused-ring (bicyclic) bond motifs is 1. The molecule has 3 aliphatic carbocycles. The van der Waals surface area contributed by atoms with E-state index in [0.29, 0.717) is 47.9 Å². The Labute approximate surface area is 216 Å². The lowest BCUT2D eigenvalue weighted by Crippen LogP contribution is -2.76. The number of carbonyl (C=O) groups excluding carboxylic acids is 2. The van der Waals surface area contributed by atoms with Gasteiger partial charge in [-0.3, -0.25) is 14.5 Å². The van der Waals surface area contributed by atoms with Gasteiger partial charge in [0.15, 0.2) is 0 Å². The number of nitrogens with one attached hydrogen (secondary N) is 2. The van der Waals surface area contributed by atoms with Crippen LogP contribution >= 0.6 is 0 Å². The second kappa shape index (κ2) is 9.24. The molecule has 5 aliphatic rings. The molecule has 1 aromatic heterocycles. The van der Waals surface area contributed by atoms with Crippen LogP contribution in [0.5, 0.6) is 0 Å². The summed E-state index contributed by atoms with van der Waals surface area (Å²) in [5.41, 5.74) is 1.75. The predicted molar refractivity (Wildman–Crippen MR) is 139 cm³/mol. The molecule has 37 heavy (non-hydrogen) atoms. The molecule has 2 aliphatic heterocycles. The average Bonchev–Trinajstić information content (AvgIpc) is 2.85. The number of piperazine rings is 1. The SMILES string of the molecule is C[C@@H]1C2CC1(N1C(=O)CC(=O)NCCCc3cnc(Nc4ccc(N5CCN(C)CC5)c(F)c4)nc31)C2. The second-order valence-corrected chi connectivity index (χ2v) is 11.0. The van der Waals surface area contributed by atoms with Crippen LogP contribution < -0.4 is 20.4 Å². The highest BCUT2D eigenvalue weighted by molar-refractivity contribution is 6.06. The summed E-state index contributed by atoms with van der Waals surface area (Å²) in [6.07, 6.45) is 4.84. The minimum absolute atomic E-state index is 0.190. The van der Waals surface area contributed by atoms with Crippen molar-refractivity contribution in [3.05, 3.63) is 35.8 Å². The fourth-order valence-corrected chi connectivity index (χ4v) is 6.29. The van der Waals surface area contributed by atoms with Gasteiger partial charge in [-0.15, -0.1) is 0 Å². The summed E-state index contributed by atoms with van der Waals surface area (Å²) in [5, 5.41) is 5.99. The first-order valence-electron chi connectivity index (χ1n) is 13.3. The maximum atomic E-state index is 15.1. The molecule has 4 fully saturated rings. The molecule has 9 nitrogen and oxygen atoms in total. The van der Waals surface area contributed by atoms with Crippen LogP contribution in [0.3, 0.4) is 0 Å². The smallest absolute Gasteiger partial charge is 0.238 e. The van der Waals surface area contributed by atoms with E-state index in [1.54, 1.807) is 17.2 Å². The monoisotopic (exact) mass is 507 g/mol. The van der Waals surface area contributed by atoms with E-state index in [1.165, 1.54) is 6.07 Å². The van der Waals surface area contributed by atoms with Gasteiger partial charge in [-0.25, -0.2) is 9.37 Å². The Morgan fingerprint density at radius 2 is 1.95 bits per heavy atom. The van der Waals surface area contributed by atoms with Crippen molar-refractivity contribution in [3.63, 3.8) is 0 Å². The van der Waals surface area contributed by atoms with Crippen molar-refractivity contribution >= 4 is 35.0 Å². The van der Waals surface area contributed by atoms with Crippen molar-refractivity contribution in [2.24, 2.45) is 11.8 Å². The zero-order valence-corrected chi connectivity index (χ0v) is 21.5. The Kier molecular flexibility index (Phi) is 6.01. The molecule has 1 saturated heterocycles. The highest BCUT2D eigenvalue weighted by atomic mass is 19.1. The zero-order valence-electron chi connectivity index (χ0n) is 21.5. The lowest BCUT2D eigenvalue weighted by Gasteiger charge is -2.71. The molecule has 196 valence electrons. The summed E-state index contributed by atoms with van der Waals surface area (Å²) < 4.78 is 15.1. The van der Waals surface area contributed by atoms with Gasteiger partial charge in [-0.1, -0.05) is 6.92 Å². The summed E-state index contributed by atoms with van der Waals surface area (Å²) in [7, 11) is 2.07. The number of anilines is 4. The molecule has 3 saturated carbocycles. The third-order valence-electron chi connectivity index (χ3n) is 8.84. The summed E-state index contributed by atoms with van der Waals surface area (Å²) in [5.74, 6) is 1.12. The first-order valence-corrected chi connectivity index (χ1v) is 13.3. The van der Waals surface area contributed by atoms with Crippen LogP contribution in [0.1, 0.15) is 38.2 Å². The van der Waals surface area contributed by atoms with Crippen LogP contribution in [0.2, 0.25) is 0 Å². The van der Waals surface area contributed by atoms with Crippen molar-refractivity contribution < 1.29 is 14.0 Å². The number of nitrogens with zero attached hydrogens (tertiary/aromatic N) is 5. The van der Waals surface area contributed by atoms with Crippen molar-refractivity contribution in [3.8, 4) is 0 Å². The van der Waals surface area contributed by atoms with E-state index in [0.717, 1.165) is 51.0 Å². The number of rotatable bonds is 4. The molecular formula is C27H34FN7O2. The number of hydrogen-bond acceptors (Lipinski definition) is 7. The minimum atomic E-state index is -0.293. The Bertz CT molecular complexity index is 1220. The van der Waals surface area contributed by atoms with Crippen molar-refractivity contribution in [1.82, 2.24) is 20.2 Å². The van der Waals surface area contributed by atoms with Gasteiger partial charge in [0.1, 0.15) is 18.1 Å². The molecule has 2 N–H and O–H groups in total. The van der Waals surface area contributed by atoms with Crippen molar-refractivity contribution in [2.45, 2.75) is 44.6 Å². The number of aryl methyl sites for hydroxylation is 1. The van der Waals surface area contributed by atoms with Crippen LogP contribution in [-0.4, -0.2) is 72.0 Å². The number of hydrogen-bond donors (Lipinski definition) is 2. The van der Waals surface area contributed by atoms with E-state index < -0.39 is 0 Å². The summed E-state index contributed by atoms with van der Waals surface area (Å²) in [6, 6.07) is 5.10. The van der Waals surface area contributed by atoms with E-state index in [1.807, 2.05) is 6.07 Å². The molecule has 2 amide bonds. The summed E-state index contributed by atoms with van der Waals surface area (Å²) in [6.45, 7) is 6.07. The van der Waals surface area contributed by atoms with Gasteiger partial charge >= 0.3 is 0 Å². The van der Waals surface area contributed by atoms with E-state index >= 15 is 4.39 Å². The van der Waals surface area contributed by atoms with Gasteiger partial charge < -0.3 is 20.4 Å². The van der Waals surface area contributed by atoms with Crippen LogP contribution in [0, 0.1) is 17.7 Å². The summed E-state index contributed by atoms with van der Waals surface area (Å²) in [4.78, 5) is 41.2. The lowest BCUT2D eigenvalue weighted by molar-refractivity contribution is -0.140. The first-order chi connectivity index (χ1) is 17.8. The van der Waals surface area contributed by atoms with Gasteiger partial charge in [0, 0.05) is 50.2 Å². The highest BCUT2D eigenvalue weighted by Gasteiger charge is 2.67. The Morgan fingerprint density at radius 1 is 1.16 bits per heavy atom. The van der Waals surface area contributed by atoms with E-state index in [2.05, 4.69) is 39.4 Å². The van der Waals surface area contributed by atoms with E-state index in [-0.39, 0.29) is 29.6 Å². The molecule has 10 heteroatoms. The summed E-state index contributed by atoms with van der Waals surface area (Å²) >= 11 is 0. The number of aromatic nitrogens is 2. The molecule has 1 atom stereocenters. The van der Waals surface area contributed by atoms with Crippen molar-refractivity contribution in [1.29, 1.82) is 0 Å². The molecule has 2 bridgehead atoms. The van der Waals surface area contributed by atoms with Gasteiger partial charge in [0.05, 0.1) is 11.2 Å². The maximum Gasteiger partial charge on any atom is 0.238 e. The van der Waals surface area contributed by atoms with Gasteiger partial charge in [0.25, 0.3) is 0 Å². The molecule has 0 radical (unpaired) electrons. The predicted octanol–water partition coefficient (Wildman–Crippen LogP) is 2.70. The highest BCUT2D eigenvalue weighted by Crippen LogP contribution is 2.65. The standard InChI is InChI=1S/C27H34FN7O2/c1-17-19-14-27(17,15-19)35-24(37)13-23(36)29-7-3-4-18-16-30-26(32-25(18)35)31-20-5-6-22(21(28)12-20)34-10-8-33(2)9-11-34/h5-6,12,16-17,19H,3-4,7-11,13-15H2,1-2H3,(H,29,36)(H,30,31,32)/t17-,19?,27?/m1/s1. The van der Waals surface area contributed by atoms with Gasteiger partial charge in [0.2, 0.25) is 17.8 Å². The number of amides is 2. The third kappa shape index (κ3) is 4.21. The Hall–Kier alpha value is -3.27. The van der Waals surface area contributed by atoms with E-state index in [9.17, 15) is 9.59 Å². The van der Waals surface area contributed by atoms with Crippen molar-refractivity contribution in [2.75, 3.05) is 54.9 Å². The van der Waals surface area contributed by atoms with Crippen LogP contribution in [0.4, 0.5) is 27.5 Å². The Morgan fingerprint density at radius 3 is 2.62 bits per heavy atom. The minimum Gasteiger partial charge on any atom is -0.367 e. The largest absolute Gasteiger partial charge is 0.367 e. The Balaban J connectivity index is 1.29. The fourth-order valence-electron chi connectivity index (χ4n) is 6.29. The lowest BCUT2D eigenvalue weighted by atomic mass is 9.42. The fraction of sp³-hybridized carbons (Fsp3) is 0.556. The number of carbonyl (C=O) groups is 2. The number of benzene rings is 1. The number of halogens is 1. The second-order valence-electron chi connectivity index (χ2n) is 11.0. The molecule has 0 spiro atoms. The van der Waals surface area contributed by atoms with Gasteiger partial charge in [-0.05, 0) is 62.8 Å². The topological polar surface area (TPSA) is 93.7 Å². The molecule has 7 rings (SSSR count). The molecule has 2 aromatic rings. The van der Waals surface area contributed by atoms with Crippen LogP contribution in [0.15, 0.2) is 24.4 Å². The van der Waals surface area contributed by atoms with Crippen LogP contribution in [-0.2, 0) is 16.0 Å². The normalized spacial score (nSPS) is 28.1. The van der Waals surface area contributed by atoms with Gasteiger partial charge in [-0.2, -0.15) is 4.98 Å². The molecular weight excluding hydrogens is 473 g/mol. The quantitative estimate of drug-likeness (QED) is 0.615. The molecule has 3 heterocycles. The first kappa shape index (κ1) is 24.1. The third-order valence-corrected chi connectivity index (χ3v) is 8.84. The zero-order chi connectivity index (χ0) is 25.7.